The molecule has 0 bridgehead atoms. The van der Waals surface area contributed by atoms with Crippen LogP contribution in [0.15, 0.2) is 48.7 Å². The molecular weight excluding hydrogens is 384 g/mol. The van der Waals surface area contributed by atoms with Crippen molar-refractivity contribution >= 4 is 23.2 Å². The standard InChI is InChI=1S/C23H27ClN4O/c1-22(2)14-23(22,16-8-6-5-7-9-16)15-25-12-18-20(21(29)27(3)4)26-19-11-10-17(24)13-28(18)19/h5-11,13,25H,12,14-15H2,1-4H3/t23-/m1/s1. The highest BCUT2D eigenvalue weighted by molar-refractivity contribution is 6.30. The fourth-order valence-corrected chi connectivity index (χ4v) is 4.54. The summed E-state index contributed by atoms with van der Waals surface area (Å²) in [6.07, 6.45) is 2.96. The number of amides is 1. The van der Waals surface area contributed by atoms with Crippen LogP contribution in [0.4, 0.5) is 0 Å². The Balaban J connectivity index is 1.62. The molecule has 1 aliphatic carbocycles. The van der Waals surface area contributed by atoms with Crippen LogP contribution in [0, 0.1) is 5.41 Å². The number of hydrogen-bond acceptors (Lipinski definition) is 3. The van der Waals surface area contributed by atoms with Gasteiger partial charge in [0.1, 0.15) is 5.65 Å². The van der Waals surface area contributed by atoms with Gasteiger partial charge in [0.15, 0.2) is 5.69 Å². The van der Waals surface area contributed by atoms with Crippen molar-refractivity contribution in [2.24, 2.45) is 5.41 Å². The van der Waals surface area contributed by atoms with Gasteiger partial charge in [-0.05, 0) is 29.5 Å². The van der Waals surface area contributed by atoms with Gasteiger partial charge in [-0.2, -0.15) is 0 Å². The molecular formula is C23H27ClN4O. The molecule has 5 nitrogen and oxygen atoms in total. The van der Waals surface area contributed by atoms with E-state index in [4.69, 9.17) is 11.6 Å². The Labute approximate surface area is 176 Å². The second-order valence-corrected chi connectivity index (χ2v) is 9.23. The van der Waals surface area contributed by atoms with Gasteiger partial charge in [0.2, 0.25) is 0 Å². The summed E-state index contributed by atoms with van der Waals surface area (Å²) in [6, 6.07) is 14.3. The molecule has 0 aliphatic heterocycles. The minimum absolute atomic E-state index is 0.105. The van der Waals surface area contributed by atoms with Crippen molar-refractivity contribution in [3.8, 4) is 0 Å². The molecule has 0 saturated heterocycles. The van der Waals surface area contributed by atoms with Crippen LogP contribution in [0.25, 0.3) is 5.65 Å². The van der Waals surface area contributed by atoms with E-state index in [0.29, 0.717) is 17.3 Å². The van der Waals surface area contributed by atoms with Crippen LogP contribution >= 0.6 is 11.6 Å². The van der Waals surface area contributed by atoms with E-state index in [-0.39, 0.29) is 16.7 Å². The lowest BCUT2D eigenvalue weighted by molar-refractivity contribution is 0.0821. The number of nitrogens with one attached hydrogen (secondary N) is 1. The van der Waals surface area contributed by atoms with Gasteiger partial charge in [0, 0.05) is 38.8 Å². The Kier molecular flexibility index (Phi) is 4.91. The number of carbonyl (C=O) groups excluding carboxylic acids is 1. The van der Waals surface area contributed by atoms with Crippen LogP contribution in [-0.2, 0) is 12.0 Å². The molecule has 1 aromatic carbocycles. The minimum atomic E-state index is -0.105. The average Bonchev–Trinajstić information content (AvgIpc) is 3.08. The maximum atomic E-state index is 12.7. The molecule has 0 radical (unpaired) electrons. The van der Waals surface area contributed by atoms with Crippen LogP contribution in [0.5, 0.6) is 0 Å². The van der Waals surface area contributed by atoms with Gasteiger partial charge < -0.3 is 14.6 Å². The number of hydrogen-bond donors (Lipinski definition) is 1. The van der Waals surface area contributed by atoms with Crippen LogP contribution < -0.4 is 5.32 Å². The number of rotatable bonds is 6. The summed E-state index contributed by atoms with van der Waals surface area (Å²) in [5.74, 6) is -0.105. The van der Waals surface area contributed by atoms with Gasteiger partial charge in [-0.1, -0.05) is 55.8 Å². The monoisotopic (exact) mass is 410 g/mol. The van der Waals surface area contributed by atoms with Gasteiger partial charge in [0.05, 0.1) is 10.7 Å². The second-order valence-electron chi connectivity index (χ2n) is 8.79. The summed E-state index contributed by atoms with van der Waals surface area (Å²) in [5, 5.41) is 4.23. The number of pyridine rings is 1. The predicted molar refractivity (Wildman–Crippen MR) is 116 cm³/mol. The first-order valence-corrected chi connectivity index (χ1v) is 10.3. The van der Waals surface area contributed by atoms with E-state index in [1.165, 1.54) is 5.56 Å². The molecule has 2 aromatic heterocycles. The van der Waals surface area contributed by atoms with E-state index >= 15 is 0 Å². The van der Waals surface area contributed by atoms with E-state index in [0.717, 1.165) is 24.3 Å². The number of fused-ring (bicyclic) bond motifs is 1. The molecule has 4 rings (SSSR count). The van der Waals surface area contributed by atoms with E-state index in [2.05, 4.69) is 54.5 Å². The molecule has 1 amide bonds. The lowest BCUT2D eigenvalue weighted by atomic mass is 9.88. The van der Waals surface area contributed by atoms with Gasteiger partial charge in [-0.15, -0.1) is 0 Å². The third-order valence-corrected chi connectivity index (χ3v) is 6.47. The SMILES string of the molecule is CN(C)C(=O)c1nc2ccc(Cl)cn2c1CNC[C@@]1(c2ccccc2)CC1(C)C. The molecule has 1 fully saturated rings. The lowest BCUT2D eigenvalue weighted by Gasteiger charge is -2.22. The Morgan fingerprint density at radius 3 is 2.52 bits per heavy atom. The van der Waals surface area contributed by atoms with Gasteiger partial charge in [-0.25, -0.2) is 4.98 Å². The van der Waals surface area contributed by atoms with Gasteiger partial charge >= 0.3 is 0 Å². The highest BCUT2D eigenvalue weighted by Crippen LogP contribution is 2.63. The average molecular weight is 411 g/mol. The predicted octanol–water partition coefficient (Wildman–Crippen LogP) is 4.15. The van der Waals surface area contributed by atoms with Crippen molar-refractivity contribution in [1.29, 1.82) is 0 Å². The zero-order valence-corrected chi connectivity index (χ0v) is 18.1. The molecule has 0 spiro atoms. The zero-order valence-electron chi connectivity index (χ0n) is 17.4. The fourth-order valence-electron chi connectivity index (χ4n) is 4.38. The summed E-state index contributed by atoms with van der Waals surface area (Å²) < 4.78 is 1.92. The number of aromatic nitrogens is 2. The summed E-state index contributed by atoms with van der Waals surface area (Å²) in [7, 11) is 3.49. The first-order chi connectivity index (χ1) is 13.7. The Morgan fingerprint density at radius 2 is 1.90 bits per heavy atom. The summed E-state index contributed by atoms with van der Waals surface area (Å²) in [4.78, 5) is 18.8. The third kappa shape index (κ3) is 3.43. The highest BCUT2D eigenvalue weighted by Gasteiger charge is 2.61. The largest absolute Gasteiger partial charge is 0.343 e. The number of imidazole rings is 1. The molecule has 1 saturated carbocycles. The first-order valence-electron chi connectivity index (χ1n) is 9.90. The maximum absolute atomic E-state index is 12.7. The van der Waals surface area contributed by atoms with Crippen molar-refractivity contribution in [3.05, 3.63) is 70.6 Å². The Bertz CT molecular complexity index is 1060. The summed E-state index contributed by atoms with van der Waals surface area (Å²) in [5.41, 5.74) is 3.74. The quantitative estimate of drug-likeness (QED) is 0.664. The molecule has 6 heteroatoms. The number of halogens is 1. The molecule has 29 heavy (non-hydrogen) atoms. The molecule has 152 valence electrons. The van der Waals surface area contributed by atoms with Crippen LogP contribution in [0.2, 0.25) is 5.02 Å². The highest BCUT2D eigenvalue weighted by atomic mass is 35.5. The molecule has 2 heterocycles. The third-order valence-electron chi connectivity index (χ3n) is 6.25. The number of benzene rings is 1. The topological polar surface area (TPSA) is 49.6 Å². The van der Waals surface area contributed by atoms with Crippen molar-refractivity contribution in [1.82, 2.24) is 19.6 Å². The molecule has 3 aromatic rings. The van der Waals surface area contributed by atoms with Crippen LogP contribution in [0.1, 0.15) is 42.0 Å². The van der Waals surface area contributed by atoms with E-state index < -0.39 is 0 Å². The van der Waals surface area contributed by atoms with Crippen molar-refractivity contribution in [2.45, 2.75) is 32.2 Å². The maximum Gasteiger partial charge on any atom is 0.273 e. The van der Waals surface area contributed by atoms with Gasteiger partial charge in [0.25, 0.3) is 5.91 Å². The number of nitrogens with zero attached hydrogens (tertiary/aromatic N) is 3. The van der Waals surface area contributed by atoms with Crippen LogP contribution in [-0.4, -0.2) is 40.8 Å². The Morgan fingerprint density at radius 1 is 1.21 bits per heavy atom. The van der Waals surface area contributed by atoms with E-state index in [9.17, 15) is 4.79 Å². The van der Waals surface area contributed by atoms with E-state index in [1.54, 1.807) is 25.1 Å². The van der Waals surface area contributed by atoms with Crippen LogP contribution in [0.3, 0.4) is 0 Å². The molecule has 1 N–H and O–H groups in total. The molecule has 0 unspecified atom stereocenters. The van der Waals surface area contributed by atoms with Crippen molar-refractivity contribution in [3.63, 3.8) is 0 Å². The smallest absolute Gasteiger partial charge is 0.273 e. The molecule has 1 aliphatic rings. The fraction of sp³-hybridized carbons (Fsp3) is 0.391. The van der Waals surface area contributed by atoms with Gasteiger partial charge in [-0.3, -0.25) is 4.79 Å². The van der Waals surface area contributed by atoms with Crippen molar-refractivity contribution in [2.75, 3.05) is 20.6 Å². The normalized spacial score (nSPS) is 20.0. The summed E-state index contributed by atoms with van der Waals surface area (Å²) >= 11 is 6.21. The summed E-state index contributed by atoms with van der Waals surface area (Å²) in [6.45, 7) is 6.02. The first kappa shape index (κ1) is 19.9. The molecule has 1 atom stereocenters. The van der Waals surface area contributed by atoms with E-state index in [1.807, 2.05) is 16.7 Å². The minimum Gasteiger partial charge on any atom is -0.343 e. The second kappa shape index (κ2) is 7.15. The Hall–Kier alpha value is -2.37. The number of carbonyl (C=O) groups is 1. The zero-order chi connectivity index (χ0) is 20.8. The lowest BCUT2D eigenvalue weighted by Crippen LogP contribution is -2.31. The van der Waals surface area contributed by atoms with Crippen molar-refractivity contribution < 1.29 is 4.79 Å².